The molecule has 1 heterocycles. The van der Waals surface area contributed by atoms with Crippen LogP contribution in [0.2, 0.25) is 0 Å². The van der Waals surface area contributed by atoms with E-state index >= 15 is 0 Å². The quantitative estimate of drug-likeness (QED) is 0.911. The number of benzene rings is 1. The second-order valence-corrected chi connectivity index (χ2v) is 5.74. The molecule has 1 unspecified atom stereocenters. The van der Waals surface area contributed by atoms with Crippen molar-refractivity contribution in [2.75, 3.05) is 4.90 Å². The number of carbonyl (C=O) groups excluding carboxylic acids is 1. The molecule has 1 aliphatic heterocycles. The number of hydrogen-bond donors (Lipinski definition) is 1. The first kappa shape index (κ1) is 14.8. The van der Waals surface area contributed by atoms with E-state index in [1.807, 2.05) is 6.92 Å². The highest BCUT2D eigenvalue weighted by Crippen LogP contribution is 2.41. The highest BCUT2D eigenvalue weighted by atomic mass is 32.2. The van der Waals surface area contributed by atoms with Gasteiger partial charge in [0.25, 0.3) is 5.91 Å². The predicted octanol–water partition coefficient (Wildman–Crippen LogP) is 3.32. The number of nitrogens with two attached hydrogens (primary N) is 1. The van der Waals surface area contributed by atoms with Crippen LogP contribution in [0.1, 0.15) is 19.4 Å². The maximum atomic E-state index is 12.5. The Morgan fingerprint density at radius 3 is 2.25 bits per heavy atom. The summed E-state index contributed by atoms with van der Waals surface area (Å²) in [6.45, 7) is 3.59. The first-order valence-electron chi connectivity index (χ1n) is 5.85. The molecule has 0 spiro atoms. The number of halogens is 3. The summed E-state index contributed by atoms with van der Waals surface area (Å²) in [6.07, 6.45) is -4.35. The lowest BCUT2D eigenvalue weighted by Crippen LogP contribution is -2.24. The van der Waals surface area contributed by atoms with E-state index in [9.17, 15) is 18.0 Å². The standard InChI is InChI=1S/C13H13F3N2OS/c1-7-11(12(17)19)20-8(2)18(7)10-5-3-9(4-6-10)13(14,15)16/h3-6,8H,1-2H3,(H2,17,19). The van der Waals surface area contributed by atoms with E-state index in [0.717, 1.165) is 12.1 Å². The van der Waals surface area contributed by atoms with Gasteiger partial charge in [0.1, 0.15) is 0 Å². The molecule has 7 heteroatoms. The second kappa shape index (κ2) is 5.05. The molecule has 0 aromatic heterocycles. The third-order valence-electron chi connectivity index (χ3n) is 3.04. The SMILES string of the molecule is CC1=C(C(N)=O)SC(C)N1c1ccc(C(F)(F)F)cc1. The Balaban J connectivity index is 2.35. The lowest BCUT2D eigenvalue weighted by atomic mass is 10.2. The highest BCUT2D eigenvalue weighted by Gasteiger charge is 2.33. The molecule has 1 aliphatic rings. The van der Waals surface area contributed by atoms with Crippen molar-refractivity contribution in [1.29, 1.82) is 0 Å². The minimum Gasteiger partial charge on any atom is -0.365 e. The zero-order valence-corrected chi connectivity index (χ0v) is 11.7. The average Bonchev–Trinajstić information content (AvgIpc) is 2.64. The lowest BCUT2D eigenvalue weighted by Gasteiger charge is -2.25. The number of hydrogen-bond acceptors (Lipinski definition) is 3. The van der Waals surface area contributed by atoms with Crippen LogP contribution in [0.5, 0.6) is 0 Å². The zero-order valence-electron chi connectivity index (χ0n) is 10.9. The number of thioether (sulfide) groups is 1. The summed E-state index contributed by atoms with van der Waals surface area (Å²) in [5.74, 6) is -0.520. The van der Waals surface area contributed by atoms with Gasteiger partial charge in [-0.25, -0.2) is 0 Å². The molecule has 2 N–H and O–H groups in total. The molecular formula is C13H13F3N2OS. The highest BCUT2D eigenvalue weighted by molar-refractivity contribution is 8.05. The molecule has 108 valence electrons. The third-order valence-corrected chi connectivity index (χ3v) is 4.32. The molecule has 2 rings (SSSR count). The van der Waals surface area contributed by atoms with Gasteiger partial charge in [-0.05, 0) is 38.1 Å². The molecule has 1 aromatic carbocycles. The summed E-state index contributed by atoms with van der Waals surface area (Å²) in [5, 5.41) is -0.0887. The van der Waals surface area contributed by atoms with Gasteiger partial charge in [-0.2, -0.15) is 13.2 Å². The fourth-order valence-electron chi connectivity index (χ4n) is 2.14. The van der Waals surface area contributed by atoms with Gasteiger partial charge in [0.05, 0.1) is 15.8 Å². The van der Waals surface area contributed by atoms with Gasteiger partial charge in [0, 0.05) is 11.4 Å². The summed E-state index contributed by atoms with van der Waals surface area (Å²) in [7, 11) is 0. The van der Waals surface area contributed by atoms with E-state index in [1.165, 1.54) is 23.9 Å². The van der Waals surface area contributed by atoms with E-state index in [2.05, 4.69) is 0 Å². The molecule has 20 heavy (non-hydrogen) atoms. The summed E-state index contributed by atoms with van der Waals surface area (Å²) < 4.78 is 37.6. The van der Waals surface area contributed by atoms with Crippen molar-refractivity contribution in [2.45, 2.75) is 25.4 Å². The van der Waals surface area contributed by atoms with Crippen molar-refractivity contribution in [3.8, 4) is 0 Å². The summed E-state index contributed by atoms with van der Waals surface area (Å²) in [4.78, 5) is 13.5. The van der Waals surface area contributed by atoms with Gasteiger partial charge in [-0.1, -0.05) is 11.8 Å². The van der Waals surface area contributed by atoms with Crippen LogP contribution in [0.4, 0.5) is 18.9 Å². The minimum atomic E-state index is -4.35. The fourth-order valence-corrected chi connectivity index (χ4v) is 3.25. The largest absolute Gasteiger partial charge is 0.416 e. The molecule has 1 amide bonds. The number of amides is 1. The monoisotopic (exact) mass is 302 g/mol. The van der Waals surface area contributed by atoms with Crippen molar-refractivity contribution in [3.05, 3.63) is 40.4 Å². The number of rotatable bonds is 2. The van der Waals surface area contributed by atoms with E-state index in [0.29, 0.717) is 16.3 Å². The summed E-state index contributed by atoms with van der Waals surface area (Å²) >= 11 is 1.30. The number of nitrogens with zero attached hydrogens (tertiary/aromatic N) is 1. The van der Waals surface area contributed by atoms with Gasteiger partial charge >= 0.3 is 6.18 Å². The molecule has 0 aliphatic carbocycles. The normalized spacial score (nSPS) is 19.6. The lowest BCUT2D eigenvalue weighted by molar-refractivity contribution is -0.137. The fraction of sp³-hybridized carbons (Fsp3) is 0.308. The van der Waals surface area contributed by atoms with Crippen LogP contribution in [0.25, 0.3) is 0 Å². The first-order valence-corrected chi connectivity index (χ1v) is 6.73. The smallest absolute Gasteiger partial charge is 0.365 e. The molecule has 0 radical (unpaired) electrons. The Labute approximate surface area is 118 Å². The van der Waals surface area contributed by atoms with E-state index in [-0.39, 0.29) is 5.37 Å². The van der Waals surface area contributed by atoms with Crippen molar-refractivity contribution >= 4 is 23.4 Å². The number of alkyl halides is 3. The molecule has 0 fully saturated rings. The first-order chi connectivity index (χ1) is 9.21. The van der Waals surface area contributed by atoms with E-state index in [4.69, 9.17) is 5.73 Å². The van der Waals surface area contributed by atoms with Crippen molar-refractivity contribution in [2.24, 2.45) is 5.73 Å². The van der Waals surface area contributed by atoms with Gasteiger partial charge < -0.3 is 10.6 Å². The van der Waals surface area contributed by atoms with Crippen molar-refractivity contribution in [1.82, 2.24) is 0 Å². The van der Waals surface area contributed by atoms with E-state index < -0.39 is 17.6 Å². The maximum Gasteiger partial charge on any atom is 0.416 e. The minimum absolute atomic E-state index is 0.0887. The summed E-state index contributed by atoms with van der Waals surface area (Å²) in [5.41, 5.74) is 5.85. The Morgan fingerprint density at radius 2 is 1.85 bits per heavy atom. The number of carbonyl (C=O) groups is 1. The molecule has 0 saturated heterocycles. The Morgan fingerprint density at radius 1 is 1.30 bits per heavy atom. The molecule has 0 saturated carbocycles. The summed E-state index contributed by atoms with van der Waals surface area (Å²) in [6, 6.07) is 4.85. The van der Waals surface area contributed by atoms with Crippen molar-refractivity contribution in [3.63, 3.8) is 0 Å². The number of primary amides is 1. The van der Waals surface area contributed by atoms with Crippen LogP contribution in [-0.2, 0) is 11.0 Å². The Bertz CT molecular complexity index is 566. The zero-order chi connectivity index (χ0) is 15.1. The third kappa shape index (κ3) is 2.63. The predicted molar refractivity (Wildman–Crippen MR) is 72.9 cm³/mol. The molecule has 1 aromatic rings. The van der Waals surface area contributed by atoms with Gasteiger partial charge in [0.15, 0.2) is 0 Å². The van der Waals surface area contributed by atoms with Crippen LogP contribution < -0.4 is 10.6 Å². The Kier molecular flexibility index (Phi) is 3.73. The van der Waals surface area contributed by atoms with Crippen LogP contribution in [0.15, 0.2) is 34.9 Å². The van der Waals surface area contributed by atoms with Crippen LogP contribution >= 0.6 is 11.8 Å². The topological polar surface area (TPSA) is 46.3 Å². The van der Waals surface area contributed by atoms with Crippen LogP contribution in [0.3, 0.4) is 0 Å². The molecular weight excluding hydrogens is 289 g/mol. The average molecular weight is 302 g/mol. The van der Waals surface area contributed by atoms with Gasteiger partial charge in [-0.3, -0.25) is 4.79 Å². The van der Waals surface area contributed by atoms with Gasteiger partial charge in [0.2, 0.25) is 0 Å². The van der Waals surface area contributed by atoms with Gasteiger partial charge in [-0.15, -0.1) is 0 Å². The van der Waals surface area contributed by atoms with Crippen molar-refractivity contribution < 1.29 is 18.0 Å². The second-order valence-electron chi connectivity index (χ2n) is 4.41. The molecule has 0 bridgehead atoms. The van der Waals surface area contributed by atoms with Crippen LogP contribution in [-0.4, -0.2) is 11.3 Å². The molecule has 1 atom stereocenters. The maximum absolute atomic E-state index is 12.5. The van der Waals surface area contributed by atoms with Crippen LogP contribution in [0, 0.1) is 0 Å². The Hall–Kier alpha value is -1.63. The molecule has 3 nitrogen and oxygen atoms in total. The number of allylic oxidation sites excluding steroid dienone is 1. The van der Waals surface area contributed by atoms with E-state index in [1.54, 1.807) is 11.8 Å². The number of anilines is 1.